The smallest absolute Gasteiger partial charge is 0.195 e. The fourth-order valence-electron chi connectivity index (χ4n) is 2.93. The van der Waals surface area contributed by atoms with Gasteiger partial charge in [-0.2, -0.15) is 5.10 Å². The summed E-state index contributed by atoms with van der Waals surface area (Å²) in [7, 11) is 0. The number of aromatic nitrogens is 7. The Balaban J connectivity index is 1.65. The van der Waals surface area contributed by atoms with Crippen LogP contribution < -0.4 is 0 Å². The number of nitrogens with zero attached hydrogens (tertiary/aromatic N) is 7. The zero-order valence-corrected chi connectivity index (χ0v) is 14.6. The minimum absolute atomic E-state index is 0.00806. The molecule has 0 spiro atoms. The summed E-state index contributed by atoms with van der Waals surface area (Å²) in [4.78, 5) is 17.7. The van der Waals surface area contributed by atoms with Gasteiger partial charge in [0.05, 0.1) is 17.9 Å². The Kier molecular flexibility index (Phi) is 4.30. The molecule has 0 aliphatic heterocycles. The van der Waals surface area contributed by atoms with E-state index >= 15 is 0 Å². The standard InChI is InChI=1S/C18H19N7O/c1-3-7-25-17(22-12-23-25)13(2)24-8-6-19-18(24)14-10-20-16(21-11-14)15-5-4-9-26-15/h4-6,8-13H,3,7H2,1-2H3/t13-/m0/s1. The van der Waals surface area contributed by atoms with E-state index in [4.69, 9.17) is 4.42 Å². The average Bonchev–Trinajstić information content (AvgIpc) is 3.42. The van der Waals surface area contributed by atoms with Crippen molar-refractivity contribution in [3.63, 3.8) is 0 Å². The van der Waals surface area contributed by atoms with Crippen molar-refractivity contribution >= 4 is 0 Å². The minimum Gasteiger partial charge on any atom is -0.461 e. The third-order valence-corrected chi connectivity index (χ3v) is 4.19. The lowest BCUT2D eigenvalue weighted by molar-refractivity contribution is 0.508. The molecule has 26 heavy (non-hydrogen) atoms. The maximum Gasteiger partial charge on any atom is 0.195 e. The Morgan fingerprint density at radius 1 is 1.15 bits per heavy atom. The first-order valence-electron chi connectivity index (χ1n) is 8.54. The van der Waals surface area contributed by atoms with Crippen LogP contribution in [-0.2, 0) is 6.54 Å². The first kappa shape index (κ1) is 16.2. The molecular weight excluding hydrogens is 330 g/mol. The highest BCUT2D eigenvalue weighted by molar-refractivity contribution is 5.56. The van der Waals surface area contributed by atoms with E-state index in [0.29, 0.717) is 11.6 Å². The van der Waals surface area contributed by atoms with Crippen molar-refractivity contribution in [3.05, 3.63) is 55.3 Å². The number of aryl methyl sites for hydroxylation is 1. The summed E-state index contributed by atoms with van der Waals surface area (Å²) in [5.41, 5.74) is 0.832. The lowest BCUT2D eigenvalue weighted by Crippen LogP contribution is -2.15. The van der Waals surface area contributed by atoms with Crippen molar-refractivity contribution in [1.82, 2.24) is 34.3 Å². The number of furan rings is 1. The van der Waals surface area contributed by atoms with Crippen LogP contribution in [0.15, 0.2) is 53.9 Å². The summed E-state index contributed by atoms with van der Waals surface area (Å²) in [5.74, 6) is 2.88. The molecule has 4 heterocycles. The maximum atomic E-state index is 5.33. The number of rotatable bonds is 6. The van der Waals surface area contributed by atoms with Gasteiger partial charge in [-0.1, -0.05) is 6.92 Å². The van der Waals surface area contributed by atoms with Gasteiger partial charge in [0, 0.05) is 31.3 Å². The fraction of sp³-hybridized carbons (Fsp3) is 0.278. The maximum absolute atomic E-state index is 5.33. The largest absolute Gasteiger partial charge is 0.461 e. The molecule has 0 saturated heterocycles. The van der Waals surface area contributed by atoms with Gasteiger partial charge in [0.25, 0.3) is 0 Å². The Morgan fingerprint density at radius 2 is 2.00 bits per heavy atom. The summed E-state index contributed by atoms with van der Waals surface area (Å²) in [6, 6.07) is 3.64. The van der Waals surface area contributed by atoms with Crippen molar-refractivity contribution < 1.29 is 4.42 Å². The molecule has 0 bridgehead atoms. The Bertz CT molecular complexity index is 969. The molecule has 4 aromatic rings. The monoisotopic (exact) mass is 349 g/mol. The van der Waals surface area contributed by atoms with Gasteiger partial charge in [0.15, 0.2) is 11.6 Å². The zero-order valence-electron chi connectivity index (χ0n) is 14.6. The number of imidazole rings is 1. The minimum atomic E-state index is -0.00806. The van der Waals surface area contributed by atoms with E-state index in [2.05, 4.69) is 43.4 Å². The summed E-state index contributed by atoms with van der Waals surface area (Å²) >= 11 is 0. The molecule has 1 atom stereocenters. The number of hydrogen-bond acceptors (Lipinski definition) is 6. The normalized spacial score (nSPS) is 12.4. The molecular formula is C18H19N7O. The van der Waals surface area contributed by atoms with E-state index in [0.717, 1.165) is 30.2 Å². The van der Waals surface area contributed by atoms with Crippen LogP contribution in [0.25, 0.3) is 23.0 Å². The number of hydrogen-bond donors (Lipinski definition) is 0. The van der Waals surface area contributed by atoms with Crippen LogP contribution >= 0.6 is 0 Å². The molecule has 0 aromatic carbocycles. The molecule has 4 rings (SSSR count). The second-order valence-electron chi connectivity index (χ2n) is 5.95. The van der Waals surface area contributed by atoms with Gasteiger partial charge in [-0.3, -0.25) is 0 Å². The van der Waals surface area contributed by atoms with Gasteiger partial charge in [0.1, 0.15) is 18.0 Å². The highest BCUT2D eigenvalue weighted by Gasteiger charge is 2.19. The van der Waals surface area contributed by atoms with Crippen LogP contribution in [-0.4, -0.2) is 34.3 Å². The molecule has 132 valence electrons. The van der Waals surface area contributed by atoms with E-state index in [1.165, 1.54) is 0 Å². The highest BCUT2D eigenvalue weighted by Crippen LogP contribution is 2.25. The summed E-state index contributed by atoms with van der Waals surface area (Å²) in [6.07, 6.45) is 11.4. The lowest BCUT2D eigenvalue weighted by Gasteiger charge is -2.16. The second-order valence-corrected chi connectivity index (χ2v) is 5.95. The quantitative estimate of drug-likeness (QED) is 0.531. The third-order valence-electron chi connectivity index (χ3n) is 4.19. The van der Waals surface area contributed by atoms with Gasteiger partial charge < -0.3 is 8.98 Å². The van der Waals surface area contributed by atoms with Crippen LogP contribution in [0.3, 0.4) is 0 Å². The van der Waals surface area contributed by atoms with Gasteiger partial charge in [-0.15, -0.1) is 0 Å². The average molecular weight is 349 g/mol. The van der Waals surface area contributed by atoms with Gasteiger partial charge >= 0.3 is 0 Å². The van der Waals surface area contributed by atoms with E-state index in [1.807, 2.05) is 23.0 Å². The molecule has 0 fully saturated rings. The van der Waals surface area contributed by atoms with Crippen LogP contribution in [0.2, 0.25) is 0 Å². The van der Waals surface area contributed by atoms with Crippen LogP contribution in [0, 0.1) is 0 Å². The van der Waals surface area contributed by atoms with Gasteiger partial charge in [-0.25, -0.2) is 24.6 Å². The lowest BCUT2D eigenvalue weighted by atomic mass is 10.2. The first-order chi connectivity index (χ1) is 12.8. The van der Waals surface area contributed by atoms with Crippen LogP contribution in [0.4, 0.5) is 0 Å². The van der Waals surface area contributed by atoms with Crippen molar-refractivity contribution in [1.29, 1.82) is 0 Å². The fourth-order valence-corrected chi connectivity index (χ4v) is 2.93. The van der Waals surface area contributed by atoms with Crippen LogP contribution in [0.1, 0.15) is 32.1 Å². The predicted octanol–water partition coefficient (Wildman–Crippen LogP) is 3.21. The van der Waals surface area contributed by atoms with E-state index in [1.54, 1.807) is 31.2 Å². The van der Waals surface area contributed by atoms with Crippen molar-refractivity contribution in [2.75, 3.05) is 0 Å². The molecule has 8 heteroatoms. The topological polar surface area (TPSA) is 87.5 Å². The van der Waals surface area contributed by atoms with Crippen molar-refractivity contribution in [3.8, 4) is 23.0 Å². The predicted molar refractivity (Wildman–Crippen MR) is 95.1 cm³/mol. The molecule has 0 aliphatic carbocycles. The van der Waals surface area contributed by atoms with Crippen molar-refractivity contribution in [2.24, 2.45) is 0 Å². The summed E-state index contributed by atoms with van der Waals surface area (Å²) in [5, 5.41) is 4.32. The Labute approximate surface area is 150 Å². The van der Waals surface area contributed by atoms with Gasteiger partial charge in [0.2, 0.25) is 0 Å². The third kappa shape index (κ3) is 2.90. The van der Waals surface area contributed by atoms with E-state index in [-0.39, 0.29) is 6.04 Å². The molecule has 0 N–H and O–H groups in total. The van der Waals surface area contributed by atoms with E-state index in [9.17, 15) is 0 Å². The molecule has 0 amide bonds. The second kappa shape index (κ2) is 6.91. The Hall–Kier alpha value is -3.29. The molecule has 4 aromatic heterocycles. The molecule has 8 nitrogen and oxygen atoms in total. The summed E-state index contributed by atoms with van der Waals surface area (Å²) < 4.78 is 9.33. The first-order valence-corrected chi connectivity index (χ1v) is 8.54. The van der Waals surface area contributed by atoms with Crippen LogP contribution in [0.5, 0.6) is 0 Å². The zero-order chi connectivity index (χ0) is 17.9. The Morgan fingerprint density at radius 3 is 2.73 bits per heavy atom. The highest BCUT2D eigenvalue weighted by atomic mass is 16.3. The molecule has 0 aliphatic rings. The molecule has 0 unspecified atom stereocenters. The van der Waals surface area contributed by atoms with E-state index < -0.39 is 0 Å². The molecule has 0 radical (unpaired) electrons. The van der Waals surface area contributed by atoms with Gasteiger partial charge in [-0.05, 0) is 25.5 Å². The summed E-state index contributed by atoms with van der Waals surface area (Å²) in [6.45, 7) is 5.04. The molecule has 0 saturated carbocycles. The SMILES string of the molecule is CCCn1ncnc1[C@H](C)n1ccnc1-c1cnc(-c2ccco2)nc1. The van der Waals surface area contributed by atoms with Crippen molar-refractivity contribution in [2.45, 2.75) is 32.9 Å².